The summed E-state index contributed by atoms with van der Waals surface area (Å²) in [4.78, 5) is 0. The van der Waals surface area contributed by atoms with Gasteiger partial charge in [0, 0.05) is 0 Å². The van der Waals surface area contributed by atoms with Crippen LogP contribution < -0.4 is 0 Å². The van der Waals surface area contributed by atoms with E-state index in [1.54, 1.807) is 0 Å². The van der Waals surface area contributed by atoms with Crippen LogP contribution in [0, 0.1) is 23.2 Å². The van der Waals surface area contributed by atoms with Gasteiger partial charge >= 0.3 is 0 Å². The van der Waals surface area contributed by atoms with Crippen LogP contribution in [0.3, 0.4) is 0 Å². The molecule has 0 aromatic rings. The first-order chi connectivity index (χ1) is 14.9. The lowest BCUT2D eigenvalue weighted by Crippen LogP contribution is -2.54. The molecule has 4 heteroatoms. The molecule has 3 fully saturated rings. The molecule has 4 nitrogen and oxygen atoms in total. The molecule has 3 rings (SSSR count). The Morgan fingerprint density at radius 1 is 1.12 bits per heavy atom. The average molecular weight is 449 g/mol. The quantitative estimate of drug-likeness (QED) is 0.427. The molecule has 0 heterocycles. The summed E-state index contributed by atoms with van der Waals surface area (Å²) in [5.74, 6) is 2.05. The highest BCUT2D eigenvalue weighted by Gasteiger charge is 2.50. The number of hydrogen-bond acceptors (Lipinski definition) is 4. The van der Waals surface area contributed by atoms with Crippen molar-refractivity contribution in [2.45, 2.75) is 129 Å². The number of fused-ring (bicyclic) bond motifs is 1. The normalized spacial score (nSPS) is 40.4. The van der Waals surface area contributed by atoms with E-state index in [4.69, 9.17) is 0 Å². The molecule has 184 valence electrons. The van der Waals surface area contributed by atoms with Gasteiger partial charge in [0.15, 0.2) is 0 Å². The number of hydrogen-bond donors (Lipinski definition) is 4. The van der Waals surface area contributed by atoms with Crippen molar-refractivity contribution in [3.05, 3.63) is 23.3 Å². The van der Waals surface area contributed by atoms with Gasteiger partial charge in [-0.1, -0.05) is 56.9 Å². The fraction of sp³-hybridized carbons (Fsp3) is 0.857. The predicted molar refractivity (Wildman–Crippen MR) is 130 cm³/mol. The van der Waals surface area contributed by atoms with E-state index >= 15 is 0 Å². The van der Waals surface area contributed by atoms with Gasteiger partial charge in [0.2, 0.25) is 0 Å². The van der Waals surface area contributed by atoms with Gasteiger partial charge in [0.1, 0.15) is 5.60 Å². The molecule has 6 atom stereocenters. The Hall–Kier alpha value is -0.680. The Kier molecular flexibility index (Phi) is 8.02. The molecule has 3 aliphatic carbocycles. The molecular weight excluding hydrogens is 400 g/mol. The van der Waals surface area contributed by atoms with E-state index in [9.17, 15) is 20.4 Å². The minimum atomic E-state index is -1.38. The molecule has 0 saturated heterocycles. The Morgan fingerprint density at radius 3 is 2.38 bits per heavy atom. The molecule has 3 aliphatic rings. The zero-order chi connectivity index (χ0) is 23.7. The lowest BCUT2D eigenvalue weighted by Gasteiger charge is -2.44. The van der Waals surface area contributed by atoms with Gasteiger partial charge in [-0.05, 0) is 94.8 Å². The molecule has 0 spiro atoms. The first-order valence-corrected chi connectivity index (χ1v) is 13.1. The second kappa shape index (κ2) is 9.90. The highest BCUT2D eigenvalue weighted by Crippen LogP contribution is 2.60. The number of aliphatic hydroxyl groups excluding tert-OH is 2. The zero-order valence-corrected chi connectivity index (χ0v) is 21.1. The van der Waals surface area contributed by atoms with Crippen LogP contribution in [0.4, 0.5) is 0 Å². The van der Waals surface area contributed by atoms with Crippen molar-refractivity contribution in [3.63, 3.8) is 0 Å². The summed E-state index contributed by atoms with van der Waals surface area (Å²) in [6.07, 6.45) is 13.2. The third-order valence-electron chi connectivity index (χ3n) is 9.34. The summed E-state index contributed by atoms with van der Waals surface area (Å²) in [6, 6.07) is 0. The van der Waals surface area contributed by atoms with E-state index in [0.29, 0.717) is 36.5 Å². The Labute approximate surface area is 195 Å². The van der Waals surface area contributed by atoms with Crippen molar-refractivity contribution in [3.8, 4) is 0 Å². The molecule has 0 aliphatic heterocycles. The van der Waals surface area contributed by atoms with Crippen molar-refractivity contribution in [2.75, 3.05) is 0 Å². The maximum Gasteiger partial charge on any atom is 0.117 e. The molecule has 4 N–H and O–H groups in total. The maximum absolute atomic E-state index is 10.5. The summed E-state index contributed by atoms with van der Waals surface area (Å²) in [7, 11) is 0. The Morgan fingerprint density at radius 2 is 1.78 bits per heavy atom. The molecule has 0 bridgehead atoms. The van der Waals surface area contributed by atoms with Crippen molar-refractivity contribution in [1.82, 2.24) is 0 Å². The summed E-state index contributed by atoms with van der Waals surface area (Å²) < 4.78 is 0. The maximum atomic E-state index is 10.5. The van der Waals surface area contributed by atoms with Crippen molar-refractivity contribution >= 4 is 0 Å². The molecule has 0 radical (unpaired) electrons. The number of allylic oxidation sites excluding steroid dienone is 3. The van der Waals surface area contributed by atoms with Gasteiger partial charge in [-0.2, -0.15) is 0 Å². The minimum absolute atomic E-state index is 0.352. The topological polar surface area (TPSA) is 80.9 Å². The molecule has 0 aromatic carbocycles. The molecule has 3 saturated carbocycles. The lowest BCUT2D eigenvalue weighted by molar-refractivity contribution is -0.158. The average Bonchev–Trinajstić information content (AvgIpc) is 3.06. The SMILES string of the molecule is CCC1(O)[C@H](O)CC(=C/C=C2/CCC[C@]3(C)[C@@H]([C@H](C)CCCC(C)(C)O)CC[C@@H]23)C[C@H]1O. The fourth-order valence-electron chi connectivity index (χ4n) is 7.26. The van der Waals surface area contributed by atoms with Crippen LogP contribution in [0.15, 0.2) is 23.3 Å². The van der Waals surface area contributed by atoms with E-state index in [1.807, 2.05) is 20.8 Å². The standard InChI is InChI=1S/C28H48O4/c1-6-28(32)24(29)17-20(18-25(28)30)11-12-21-10-8-16-27(5)22(13-14-23(21)27)19(2)9-7-15-26(3,4)31/h11-12,19,22-25,29-32H,6-10,13-18H2,1-5H3/b20-11?,21-12-/t19-,22-,23+,24-,25-,27-,28?/m1/s1. The minimum Gasteiger partial charge on any atom is -0.390 e. The van der Waals surface area contributed by atoms with Gasteiger partial charge in [-0.15, -0.1) is 0 Å². The smallest absolute Gasteiger partial charge is 0.117 e. The second-order valence-electron chi connectivity index (χ2n) is 12.1. The van der Waals surface area contributed by atoms with E-state index in [0.717, 1.165) is 30.8 Å². The van der Waals surface area contributed by atoms with Crippen LogP contribution in [0.25, 0.3) is 0 Å². The lowest BCUT2D eigenvalue weighted by atomic mass is 9.60. The summed E-state index contributed by atoms with van der Waals surface area (Å²) >= 11 is 0. The predicted octanol–water partition coefficient (Wildman–Crippen LogP) is 5.29. The molecule has 0 amide bonds. The Balaban J connectivity index is 1.68. The molecular formula is C28H48O4. The van der Waals surface area contributed by atoms with Crippen LogP contribution in [0.2, 0.25) is 0 Å². The largest absolute Gasteiger partial charge is 0.390 e. The number of rotatable bonds is 7. The number of aliphatic hydroxyl groups is 4. The first-order valence-electron chi connectivity index (χ1n) is 13.1. The zero-order valence-electron chi connectivity index (χ0n) is 21.1. The second-order valence-corrected chi connectivity index (χ2v) is 12.1. The van der Waals surface area contributed by atoms with Crippen molar-refractivity contribution in [1.29, 1.82) is 0 Å². The fourth-order valence-corrected chi connectivity index (χ4v) is 7.26. The summed E-state index contributed by atoms with van der Waals surface area (Å²) in [5.41, 5.74) is 0.984. The van der Waals surface area contributed by atoms with E-state index in [-0.39, 0.29) is 0 Å². The molecule has 0 aromatic heterocycles. The van der Waals surface area contributed by atoms with E-state index in [2.05, 4.69) is 26.0 Å². The van der Waals surface area contributed by atoms with Gasteiger partial charge in [0.05, 0.1) is 17.8 Å². The summed E-state index contributed by atoms with van der Waals surface area (Å²) in [6.45, 7) is 10.6. The Bertz CT molecular complexity index is 689. The van der Waals surface area contributed by atoms with Crippen LogP contribution in [-0.4, -0.2) is 43.8 Å². The highest BCUT2D eigenvalue weighted by atomic mass is 16.4. The van der Waals surface area contributed by atoms with E-state index in [1.165, 1.54) is 37.7 Å². The monoisotopic (exact) mass is 448 g/mol. The van der Waals surface area contributed by atoms with Crippen molar-refractivity contribution < 1.29 is 20.4 Å². The third-order valence-corrected chi connectivity index (χ3v) is 9.34. The van der Waals surface area contributed by atoms with Crippen LogP contribution >= 0.6 is 0 Å². The summed E-state index contributed by atoms with van der Waals surface area (Å²) in [5, 5.41) is 41.4. The first kappa shape index (κ1) is 25.9. The van der Waals surface area contributed by atoms with E-state index < -0.39 is 23.4 Å². The van der Waals surface area contributed by atoms with Gasteiger partial charge in [-0.25, -0.2) is 0 Å². The molecule has 32 heavy (non-hydrogen) atoms. The molecule has 0 unspecified atom stereocenters. The van der Waals surface area contributed by atoms with Crippen LogP contribution in [0.5, 0.6) is 0 Å². The van der Waals surface area contributed by atoms with Crippen LogP contribution in [-0.2, 0) is 0 Å². The van der Waals surface area contributed by atoms with Crippen LogP contribution in [0.1, 0.15) is 105 Å². The highest BCUT2D eigenvalue weighted by molar-refractivity contribution is 5.27. The van der Waals surface area contributed by atoms with Gasteiger partial charge in [0.25, 0.3) is 0 Å². The third kappa shape index (κ3) is 5.35. The van der Waals surface area contributed by atoms with Gasteiger partial charge in [-0.3, -0.25) is 0 Å². The van der Waals surface area contributed by atoms with Gasteiger partial charge < -0.3 is 20.4 Å². The van der Waals surface area contributed by atoms with Crippen molar-refractivity contribution in [2.24, 2.45) is 23.2 Å².